The van der Waals surface area contributed by atoms with Gasteiger partial charge < -0.3 is 17.2 Å². The van der Waals surface area contributed by atoms with Gasteiger partial charge in [0.2, 0.25) is 5.91 Å². The van der Waals surface area contributed by atoms with Gasteiger partial charge in [0.05, 0.1) is 6.42 Å². The number of nitrogens with zero attached hydrogens (tertiary/aromatic N) is 1. The molecule has 0 atom stereocenters. The first kappa shape index (κ1) is 12.2. The number of rotatable bonds is 2. The largest absolute Gasteiger partial charge is 0.398 e. The SMILES string of the molecule is NC(=S)N(N)C(=O)Cc1c(N)cccc1N. The molecule has 0 unspecified atom stereocenters. The lowest BCUT2D eigenvalue weighted by molar-refractivity contribution is -0.126. The van der Waals surface area contributed by atoms with Crippen LogP contribution < -0.4 is 23.0 Å². The van der Waals surface area contributed by atoms with E-state index in [2.05, 4.69) is 12.2 Å². The van der Waals surface area contributed by atoms with Crippen LogP contribution in [0.4, 0.5) is 11.4 Å². The molecule has 1 aromatic rings. The Balaban J connectivity index is 2.89. The van der Waals surface area contributed by atoms with Crippen LogP contribution in [0, 0.1) is 0 Å². The Labute approximate surface area is 98.1 Å². The van der Waals surface area contributed by atoms with E-state index in [1.54, 1.807) is 18.2 Å². The highest BCUT2D eigenvalue weighted by Crippen LogP contribution is 2.19. The molecule has 0 spiro atoms. The number of hydrogen-bond donors (Lipinski definition) is 4. The lowest BCUT2D eigenvalue weighted by Crippen LogP contribution is -2.46. The molecule has 16 heavy (non-hydrogen) atoms. The zero-order valence-electron chi connectivity index (χ0n) is 8.51. The Bertz CT molecular complexity index is 414. The Morgan fingerprint density at radius 3 is 2.25 bits per heavy atom. The fourth-order valence-corrected chi connectivity index (χ4v) is 1.29. The van der Waals surface area contributed by atoms with Gasteiger partial charge in [-0.3, -0.25) is 4.79 Å². The van der Waals surface area contributed by atoms with E-state index in [1.807, 2.05) is 0 Å². The molecular weight excluding hydrogens is 226 g/mol. The number of thiocarbonyl (C=S) groups is 1. The third-order valence-electron chi connectivity index (χ3n) is 2.08. The maximum absolute atomic E-state index is 11.6. The number of carbonyl (C=O) groups is 1. The van der Waals surface area contributed by atoms with Crippen molar-refractivity contribution in [2.24, 2.45) is 11.6 Å². The average Bonchev–Trinajstić information content (AvgIpc) is 2.22. The highest BCUT2D eigenvalue weighted by atomic mass is 32.1. The van der Waals surface area contributed by atoms with Gasteiger partial charge in [-0.15, -0.1) is 0 Å². The molecule has 0 aliphatic carbocycles. The van der Waals surface area contributed by atoms with Crippen molar-refractivity contribution in [3.63, 3.8) is 0 Å². The molecule has 1 aromatic carbocycles. The third-order valence-corrected chi connectivity index (χ3v) is 2.28. The van der Waals surface area contributed by atoms with E-state index in [0.717, 1.165) is 0 Å². The van der Waals surface area contributed by atoms with Crippen LogP contribution in [0.25, 0.3) is 0 Å². The second-order valence-electron chi connectivity index (χ2n) is 3.19. The number of hydrazine groups is 1. The monoisotopic (exact) mass is 239 g/mol. The molecule has 0 saturated carbocycles. The minimum absolute atomic E-state index is 0.0354. The second-order valence-corrected chi connectivity index (χ2v) is 3.61. The van der Waals surface area contributed by atoms with Crippen LogP contribution in [-0.4, -0.2) is 16.0 Å². The summed E-state index contributed by atoms with van der Waals surface area (Å²) in [7, 11) is 0. The molecule has 1 amide bonds. The van der Waals surface area contributed by atoms with E-state index in [1.165, 1.54) is 0 Å². The molecule has 0 aromatic heterocycles. The number of nitrogen functional groups attached to an aromatic ring is 2. The summed E-state index contributed by atoms with van der Waals surface area (Å²) in [5.74, 6) is 4.88. The lowest BCUT2D eigenvalue weighted by Gasteiger charge is -2.15. The predicted octanol–water partition coefficient (Wildman–Crippen LogP) is -0.661. The first-order valence-electron chi connectivity index (χ1n) is 4.43. The molecule has 7 heteroatoms. The van der Waals surface area contributed by atoms with Gasteiger partial charge in [-0.1, -0.05) is 6.07 Å². The van der Waals surface area contributed by atoms with Crippen LogP contribution in [0.5, 0.6) is 0 Å². The first-order chi connectivity index (χ1) is 7.43. The Kier molecular flexibility index (Phi) is 3.64. The standard InChI is InChI=1S/C9H13N5OS/c10-6-2-1-3-7(11)5(6)4-8(15)14(13)9(12)16/h1-3H,4,10-11,13H2,(H2,12,16). The van der Waals surface area contributed by atoms with Gasteiger partial charge in [-0.25, -0.2) is 10.9 Å². The van der Waals surface area contributed by atoms with Gasteiger partial charge >= 0.3 is 0 Å². The van der Waals surface area contributed by atoms with Crippen molar-refractivity contribution in [2.75, 3.05) is 11.5 Å². The minimum atomic E-state index is -0.461. The normalized spacial score (nSPS) is 9.81. The molecule has 8 N–H and O–H groups in total. The summed E-state index contributed by atoms with van der Waals surface area (Å²) in [5, 5.41) is 0.499. The van der Waals surface area contributed by atoms with Gasteiger partial charge in [0, 0.05) is 16.9 Å². The summed E-state index contributed by atoms with van der Waals surface area (Å²) in [6.07, 6.45) is -0.0354. The van der Waals surface area contributed by atoms with E-state index in [-0.39, 0.29) is 11.5 Å². The number of carbonyl (C=O) groups excluding carboxylic acids is 1. The van der Waals surface area contributed by atoms with Gasteiger partial charge in [-0.2, -0.15) is 0 Å². The maximum Gasteiger partial charge on any atom is 0.247 e. The summed E-state index contributed by atoms with van der Waals surface area (Å²) in [6, 6.07) is 5.01. The first-order valence-corrected chi connectivity index (χ1v) is 4.84. The molecule has 0 radical (unpaired) electrons. The van der Waals surface area contributed by atoms with E-state index in [4.69, 9.17) is 23.0 Å². The Morgan fingerprint density at radius 1 is 1.31 bits per heavy atom. The molecule has 86 valence electrons. The second kappa shape index (κ2) is 4.77. The van der Waals surface area contributed by atoms with Crippen LogP contribution in [0.15, 0.2) is 18.2 Å². The summed E-state index contributed by atoms with van der Waals surface area (Å²) >= 11 is 4.57. The number of amides is 1. The molecule has 0 heterocycles. The average molecular weight is 239 g/mol. The van der Waals surface area contributed by atoms with Gasteiger partial charge in [0.25, 0.3) is 0 Å². The number of hydrogen-bond acceptors (Lipinski definition) is 5. The molecule has 0 bridgehead atoms. The quantitative estimate of drug-likeness (QED) is 0.178. The molecular formula is C9H13N5OS. The molecule has 1 rings (SSSR count). The van der Waals surface area contributed by atoms with Crippen molar-refractivity contribution in [1.82, 2.24) is 5.01 Å². The smallest absolute Gasteiger partial charge is 0.247 e. The van der Waals surface area contributed by atoms with E-state index in [0.29, 0.717) is 21.9 Å². The molecule has 0 aliphatic rings. The summed E-state index contributed by atoms with van der Waals surface area (Å²) in [4.78, 5) is 11.6. The molecule has 0 saturated heterocycles. The Hall–Kier alpha value is -1.86. The van der Waals surface area contributed by atoms with E-state index in [9.17, 15) is 4.79 Å². The van der Waals surface area contributed by atoms with Crippen LogP contribution in [0.3, 0.4) is 0 Å². The van der Waals surface area contributed by atoms with Crippen molar-refractivity contribution in [2.45, 2.75) is 6.42 Å². The lowest BCUT2D eigenvalue weighted by atomic mass is 10.1. The summed E-state index contributed by atoms with van der Waals surface area (Å²) in [6.45, 7) is 0. The Morgan fingerprint density at radius 2 is 1.81 bits per heavy atom. The number of benzene rings is 1. The van der Waals surface area contributed by atoms with Crippen LogP contribution in [-0.2, 0) is 11.2 Å². The maximum atomic E-state index is 11.6. The van der Waals surface area contributed by atoms with Gasteiger partial charge in [-0.05, 0) is 24.4 Å². The fourth-order valence-electron chi connectivity index (χ4n) is 1.19. The zero-order valence-corrected chi connectivity index (χ0v) is 9.33. The zero-order chi connectivity index (χ0) is 12.3. The van der Waals surface area contributed by atoms with Gasteiger partial charge in [0.15, 0.2) is 5.11 Å². The third kappa shape index (κ3) is 2.59. The molecule has 0 fully saturated rings. The van der Waals surface area contributed by atoms with Crippen molar-refractivity contribution in [1.29, 1.82) is 0 Å². The summed E-state index contributed by atoms with van der Waals surface area (Å²) in [5.41, 5.74) is 18.0. The van der Waals surface area contributed by atoms with Crippen molar-refractivity contribution in [3.8, 4) is 0 Å². The van der Waals surface area contributed by atoms with E-state index >= 15 is 0 Å². The van der Waals surface area contributed by atoms with Gasteiger partial charge in [0.1, 0.15) is 0 Å². The van der Waals surface area contributed by atoms with Crippen LogP contribution in [0.1, 0.15) is 5.56 Å². The van der Waals surface area contributed by atoms with Crippen LogP contribution >= 0.6 is 12.2 Å². The fraction of sp³-hybridized carbons (Fsp3) is 0.111. The topological polar surface area (TPSA) is 124 Å². The van der Waals surface area contributed by atoms with Crippen LogP contribution in [0.2, 0.25) is 0 Å². The predicted molar refractivity (Wildman–Crippen MR) is 66.8 cm³/mol. The molecule has 0 aliphatic heterocycles. The molecule has 6 nitrogen and oxygen atoms in total. The summed E-state index contributed by atoms with van der Waals surface area (Å²) < 4.78 is 0. The number of nitrogens with two attached hydrogens (primary N) is 4. The highest BCUT2D eigenvalue weighted by molar-refractivity contribution is 7.80. The number of anilines is 2. The van der Waals surface area contributed by atoms with Crippen molar-refractivity contribution >= 4 is 34.6 Å². The van der Waals surface area contributed by atoms with Crippen molar-refractivity contribution in [3.05, 3.63) is 23.8 Å². The van der Waals surface area contributed by atoms with Crippen molar-refractivity contribution < 1.29 is 4.79 Å². The van der Waals surface area contributed by atoms with E-state index < -0.39 is 5.91 Å². The minimum Gasteiger partial charge on any atom is -0.398 e. The highest BCUT2D eigenvalue weighted by Gasteiger charge is 2.15.